The van der Waals surface area contributed by atoms with Crippen LogP contribution in [0.5, 0.6) is 0 Å². The van der Waals surface area contributed by atoms with Gasteiger partial charge in [0, 0.05) is 19.3 Å². The molecule has 6 nitrogen and oxygen atoms in total. The second-order valence-corrected chi connectivity index (χ2v) is 20.6. The number of allylic oxidation sites excluding steroid dienone is 8. The molecule has 0 aromatic carbocycles. The normalized spacial score (nSPS) is 12.3. The zero-order chi connectivity index (χ0) is 50.7. The molecule has 0 radical (unpaired) electrons. The summed E-state index contributed by atoms with van der Waals surface area (Å²) in [6, 6.07) is 0. The van der Waals surface area contributed by atoms with Crippen molar-refractivity contribution in [2.45, 2.75) is 329 Å². The highest BCUT2D eigenvalue weighted by molar-refractivity contribution is 5.71. The summed E-state index contributed by atoms with van der Waals surface area (Å²) in [6.07, 6.45) is 72.9. The Labute approximate surface area is 435 Å². The third-order valence-electron chi connectivity index (χ3n) is 13.6. The van der Waals surface area contributed by atoms with Gasteiger partial charge in [0.05, 0.1) is 0 Å². The summed E-state index contributed by atoms with van der Waals surface area (Å²) < 4.78 is 16.8. The zero-order valence-corrected chi connectivity index (χ0v) is 46.8. The molecule has 0 aliphatic carbocycles. The molecule has 0 N–H and O–H groups in total. The second kappa shape index (κ2) is 58.9. The van der Waals surface area contributed by atoms with Crippen molar-refractivity contribution < 1.29 is 28.6 Å². The Hall–Kier alpha value is -2.63. The highest BCUT2D eigenvalue weighted by Crippen LogP contribution is 2.17. The molecule has 408 valence electrons. The SMILES string of the molecule is CC/C=C\C/C=C\C/C=C\C/C=C\CCCCCCCCCCCCCCCCCCCCC(=O)OCC(COC(=O)CCCCCCCCCC)OC(=O)CCCCCCCCCCCCCCC. The first-order chi connectivity index (χ1) is 34.5. The van der Waals surface area contributed by atoms with E-state index in [1.54, 1.807) is 0 Å². The summed E-state index contributed by atoms with van der Waals surface area (Å²) in [5.41, 5.74) is 0. The summed E-state index contributed by atoms with van der Waals surface area (Å²) in [7, 11) is 0. The van der Waals surface area contributed by atoms with Crippen molar-refractivity contribution in [1.82, 2.24) is 0 Å². The van der Waals surface area contributed by atoms with Gasteiger partial charge in [-0.25, -0.2) is 0 Å². The minimum atomic E-state index is -0.765. The van der Waals surface area contributed by atoms with Crippen molar-refractivity contribution >= 4 is 17.9 Å². The number of rotatable bonds is 56. The molecule has 0 spiro atoms. The topological polar surface area (TPSA) is 78.9 Å². The van der Waals surface area contributed by atoms with Crippen molar-refractivity contribution in [3.63, 3.8) is 0 Å². The van der Waals surface area contributed by atoms with E-state index in [-0.39, 0.29) is 31.1 Å². The quantitative estimate of drug-likeness (QED) is 0.0261. The molecular formula is C64H116O6. The Morgan fingerprint density at radius 2 is 0.557 bits per heavy atom. The predicted molar refractivity (Wildman–Crippen MR) is 302 cm³/mol. The predicted octanol–water partition coefficient (Wildman–Crippen LogP) is 20.6. The molecule has 0 saturated carbocycles. The van der Waals surface area contributed by atoms with Gasteiger partial charge in [-0.2, -0.15) is 0 Å². The van der Waals surface area contributed by atoms with Crippen LogP contribution in [-0.4, -0.2) is 37.2 Å². The highest BCUT2D eigenvalue weighted by atomic mass is 16.6. The van der Waals surface area contributed by atoms with Crippen molar-refractivity contribution in [2.24, 2.45) is 0 Å². The largest absolute Gasteiger partial charge is 0.462 e. The van der Waals surface area contributed by atoms with Crippen LogP contribution in [0.1, 0.15) is 323 Å². The molecule has 0 rings (SSSR count). The fourth-order valence-electron chi connectivity index (χ4n) is 9.02. The molecule has 0 aromatic heterocycles. The maximum absolute atomic E-state index is 12.8. The molecule has 0 heterocycles. The van der Waals surface area contributed by atoms with Crippen LogP contribution in [0.25, 0.3) is 0 Å². The van der Waals surface area contributed by atoms with E-state index in [1.165, 1.54) is 199 Å². The van der Waals surface area contributed by atoms with E-state index in [0.717, 1.165) is 83.5 Å². The van der Waals surface area contributed by atoms with Gasteiger partial charge in [0.1, 0.15) is 13.2 Å². The Kier molecular flexibility index (Phi) is 56.7. The third-order valence-corrected chi connectivity index (χ3v) is 13.6. The van der Waals surface area contributed by atoms with Crippen LogP contribution in [0, 0.1) is 0 Å². The number of hydrogen-bond donors (Lipinski definition) is 0. The number of carbonyl (C=O) groups is 3. The van der Waals surface area contributed by atoms with Crippen LogP contribution in [0.3, 0.4) is 0 Å². The molecule has 0 saturated heterocycles. The Morgan fingerprint density at radius 1 is 0.300 bits per heavy atom. The molecular weight excluding hydrogens is 865 g/mol. The summed E-state index contributed by atoms with van der Waals surface area (Å²) >= 11 is 0. The molecule has 70 heavy (non-hydrogen) atoms. The van der Waals surface area contributed by atoms with E-state index in [4.69, 9.17) is 14.2 Å². The lowest BCUT2D eigenvalue weighted by Crippen LogP contribution is -2.30. The van der Waals surface area contributed by atoms with Gasteiger partial charge in [-0.15, -0.1) is 0 Å². The average Bonchev–Trinajstić information content (AvgIpc) is 3.36. The van der Waals surface area contributed by atoms with Gasteiger partial charge in [-0.1, -0.05) is 294 Å². The number of carbonyl (C=O) groups excluding carboxylic acids is 3. The van der Waals surface area contributed by atoms with Gasteiger partial charge in [-0.05, 0) is 57.8 Å². The number of unbranched alkanes of at least 4 members (excludes halogenated alkanes) is 37. The van der Waals surface area contributed by atoms with Crippen molar-refractivity contribution in [1.29, 1.82) is 0 Å². The Bertz CT molecular complexity index is 1220. The van der Waals surface area contributed by atoms with Gasteiger partial charge in [0.15, 0.2) is 6.10 Å². The van der Waals surface area contributed by atoms with Crippen molar-refractivity contribution in [3.05, 3.63) is 48.6 Å². The Morgan fingerprint density at radius 3 is 0.871 bits per heavy atom. The molecule has 0 aliphatic rings. The monoisotopic (exact) mass is 981 g/mol. The minimum absolute atomic E-state index is 0.0666. The standard InChI is InChI=1S/C64H116O6/c1-4-7-10-13-16-19-21-23-24-25-26-27-28-29-30-31-32-33-34-35-36-37-38-39-40-42-43-45-48-51-54-57-63(66)69-60-61(59-68-62(65)56-53-50-47-18-15-12-9-6-3)70-64(67)58-55-52-49-46-44-41-22-20-17-14-11-8-5-2/h7,10,16,19,23-24,26-27,61H,4-6,8-9,11-15,17-18,20-22,25,28-60H2,1-3H3/b10-7-,19-16-,24-23-,27-26-. The third kappa shape index (κ3) is 56.3. The lowest BCUT2D eigenvalue weighted by molar-refractivity contribution is -0.167. The molecule has 0 aromatic rings. The maximum Gasteiger partial charge on any atom is 0.306 e. The molecule has 0 bridgehead atoms. The minimum Gasteiger partial charge on any atom is -0.462 e. The lowest BCUT2D eigenvalue weighted by Gasteiger charge is -2.18. The summed E-state index contributed by atoms with van der Waals surface area (Å²) in [5.74, 6) is -0.853. The van der Waals surface area contributed by atoms with Crippen LogP contribution >= 0.6 is 0 Å². The Balaban J connectivity index is 4.00. The summed E-state index contributed by atoms with van der Waals surface area (Å²) in [5, 5.41) is 0. The highest BCUT2D eigenvalue weighted by Gasteiger charge is 2.19. The fraction of sp³-hybridized carbons (Fsp3) is 0.828. The first-order valence-corrected chi connectivity index (χ1v) is 30.6. The van der Waals surface area contributed by atoms with E-state index in [2.05, 4.69) is 69.4 Å². The van der Waals surface area contributed by atoms with E-state index in [9.17, 15) is 14.4 Å². The first kappa shape index (κ1) is 67.4. The molecule has 0 aliphatic heterocycles. The summed E-state index contributed by atoms with van der Waals surface area (Å²) in [6.45, 7) is 6.53. The molecule has 0 amide bonds. The van der Waals surface area contributed by atoms with Gasteiger partial charge in [0.2, 0.25) is 0 Å². The fourth-order valence-corrected chi connectivity index (χ4v) is 9.02. The second-order valence-electron chi connectivity index (χ2n) is 20.6. The van der Waals surface area contributed by atoms with E-state index in [1.807, 2.05) is 0 Å². The number of ether oxygens (including phenoxy) is 3. The zero-order valence-electron chi connectivity index (χ0n) is 46.8. The van der Waals surface area contributed by atoms with Crippen LogP contribution in [0.2, 0.25) is 0 Å². The maximum atomic E-state index is 12.8. The van der Waals surface area contributed by atoms with E-state index >= 15 is 0 Å². The van der Waals surface area contributed by atoms with Crippen LogP contribution in [0.15, 0.2) is 48.6 Å². The van der Waals surface area contributed by atoms with Gasteiger partial charge >= 0.3 is 17.9 Å². The smallest absolute Gasteiger partial charge is 0.306 e. The van der Waals surface area contributed by atoms with Gasteiger partial charge in [-0.3, -0.25) is 14.4 Å². The average molecular weight is 982 g/mol. The van der Waals surface area contributed by atoms with Gasteiger partial charge in [0.25, 0.3) is 0 Å². The first-order valence-electron chi connectivity index (χ1n) is 30.6. The van der Waals surface area contributed by atoms with E-state index < -0.39 is 6.10 Å². The number of hydrogen-bond acceptors (Lipinski definition) is 6. The van der Waals surface area contributed by atoms with Crippen LogP contribution < -0.4 is 0 Å². The van der Waals surface area contributed by atoms with Crippen LogP contribution in [0.4, 0.5) is 0 Å². The summed E-state index contributed by atoms with van der Waals surface area (Å²) in [4.78, 5) is 38.0. The van der Waals surface area contributed by atoms with Crippen molar-refractivity contribution in [2.75, 3.05) is 13.2 Å². The van der Waals surface area contributed by atoms with Crippen molar-refractivity contribution in [3.8, 4) is 0 Å². The van der Waals surface area contributed by atoms with E-state index in [0.29, 0.717) is 19.3 Å². The number of esters is 3. The van der Waals surface area contributed by atoms with Crippen LogP contribution in [-0.2, 0) is 28.6 Å². The molecule has 6 heteroatoms. The molecule has 0 fully saturated rings. The molecule has 1 unspecified atom stereocenters. The lowest BCUT2D eigenvalue weighted by atomic mass is 10.0. The van der Waals surface area contributed by atoms with Gasteiger partial charge < -0.3 is 14.2 Å². The molecule has 1 atom stereocenters.